The molecule has 3 aliphatic rings. The molecule has 2 saturated heterocycles. The number of fused-ring (bicyclic) bond motifs is 4. The van der Waals surface area contributed by atoms with E-state index in [0.29, 0.717) is 25.1 Å². The van der Waals surface area contributed by atoms with E-state index in [0.717, 1.165) is 22.9 Å². The Labute approximate surface area is 268 Å². The van der Waals surface area contributed by atoms with Gasteiger partial charge in [0.1, 0.15) is 6.04 Å². The second-order valence-corrected chi connectivity index (χ2v) is 14.3. The summed E-state index contributed by atoms with van der Waals surface area (Å²) in [6, 6.07) is 20.6. The number of benzene rings is 3. The van der Waals surface area contributed by atoms with E-state index in [1.165, 1.54) is 0 Å². The summed E-state index contributed by atoms with van der Waals surface area (Å²) < 4.78 is 24.0. The average Bonchev–Trinajstić information content (AvgIpc) is 3.64. The molecule has 0 aromatic heterocycles. The van der Waals surface area contributed by atoms with Crippen LogP contribution in [0.2, 0.25) is 0 Å². The maximum Gasteiger partial charge on any atom is 0.251 e. The summed E-state index contributed by atoms with van der Waals surface area (Å²) in [6.45, 7) is 1.10. The number of carbonyl (C=O) groups is 4. The van der Waals surface area contributed by atoms with E-state index in [4.69, 9.17) is 0 Å². The Morgan fingerprint density at radius 1 is 0.870 bits per heavy atom. The van der Waals surface area contributed by atoms with Crippen molar-refractivity contribution in [2.75, 3.05) is 19.3 Å². The van der Waals surface area contributed by atoms with Gasteiger partial charge in [-0.2, -0.15) is 0 Å². The largest absolute Gasteiger partial charge is 0.352 e. The van der Waals surface area contributed by atoms with Gasteiger partial charge >= 0.3 is 0 Å². The van der Waals surface area contributed by atoms with Gasteiger partial charge in [0.15, 0.2) is 9.84 Å². The maximum atomic E-state index is 14.4. The van der Waals surface area contributed by atoms with E-state index < -0.39 is 28.0 Å². The lowest BCUT2D eigenvalue weighted by Gasteiger charge is -2.31. The highest BCUT2D eigenvalue weighted by molar-refractivity contribution is 7.90. The molecule has 3 aliphatic heterocycles. The van der Waals surface area contributed by atoms with E-state index >= 15 is 0 Å². The Morgan fingerprint density at radius 3 is 2.28 bits per heavy atom. The summed E-state index contributed by atoms with van der Waals surface area (Å²) in [7, 11) is -3.36. The van der Waals surface area contributed by atoms with Crippen LogP contribution in [0.25, 0.3) is 0 Å². The van der Waals surface area contributed by atoms with E-state index in [9.17, 15) is 27.6 Å². The number of nitrogens with zero attached hydrogens (tertiary/aromatic N) is 2. The molecule has 12 heteroatoms. The van der Waals surface area contributed by atoms with Crippen molar-refractivity contribution in [2.24, 2.45) is 0 Å². The first-order valence-electron chi connectivity index (χ1n) is 15.4. The average molecular weight is 644 g/mol. The van der Waals surface area contributed by atoms with Crippen LogP contribution >= 0.6 is 0 Å². The van der Waals surface area contributed by atoms with Crippen molar-refractivity contribution in [1.29, 1.82) is 0 Å². The Balaban J connectivity index is 1.30. The zero-order valence-electron chi connectivity index (χ0n) is 25.5. The highest BCUT2D eigenvalue weighted by atomic mass is 32.2. The third-order valence-electron chi connectivity index (χ3n) is 8.97. The van der Waals surface area contributed by atoms with Gasteiger partial charge in [-0.25, -0.2) is 8.42 Å². The molecule has 46 heavy (non-hydrogen) atoms. The zero-order chi connectivity index (χ0) is 32.4. The van der Waals surface area contributed by atoms with Crippen LogP contribution in [0.15, 0.2) is 83.8 Å². The van der Waals surface area contributed by atoms with Gasteiger partial charge in [-0.3, -0.25) is 24.1 Å². The number of carbonyl (C=O) groups excluding carboxylic acids is 4. The molecule has 3 aromatic carbocycles. The topological polar surface area (TPSA) is 145 Å². The minimum Gasteiger partial charge on any atom is -0.352 e. The molecule has 2 bridgehead atoms. The third-order valence-corrected chi connectivity index (χ3v) is 10.1. The van der Waals surface area contributed by atoms with Gasteiger partial charge in [0.25, 0.3) is 5.91 Å². The monoisotopic (exact) mass is 643 g/mol. The van der Waals surface area contributed by atoms with Crippen LogP contribution in [-0.4, -0.2) is 85.4 Å². The van der Waals surface area contributed by atoms with Gasteiger partial charge in [-0.05, 0) is 53.8 Å². The van der Waals surface area contributed by atoms with Crippen molar-refractivity contribution in [3.05, 3.63) is 101 Å². The van der Waals surface area contributed by atoms with Crippen molar-refractivity contribution < 1.29 is 27.6 Å². The fourth-order valence-corrected chi connectivity index (χ4v) is 7.28. The first-order valence-corrected chi connectivity index (χ1v) is 17.3. The molecular formula is C34H37N5O6S. The fourth-order valence-electron chi connectivity index (χ4n) is 6.65. The number of hydrogen-bond acceptors (Lipinski definition) is 7. The molecule has 4 amide bonds. The van der Waals surface area contributed by atoms with Crippen molar-refractivity contribution >= 4 is 33.5 Å². The lowest BCUT2D eigenvalue weighted by atomic mass is 10.0. The second kappa shape index (κ2) is 13.1. The summed E-state index contributed by atoms with van der Waals surface area (Å²) in [4.78, 5) is 58.0. The molecule has 0 unspecified atom stereocenters. The van der Waals surface area contributed by atoms with Crippen LogP contribution in [0.3, 0.4) is 0 Å². The molecule has 4 atom stereocenters. The van der Waals surface area contributed by atoms with E-state index in [2.05, 4.69) is 16.0 Å². The highest BCUT2D eigenvalue weighted by Gasteiger charge is 2.46. The Hall–Kier alpha value is -4.55. The predicted molar refractivity (Wildman–Crippen MR) is 170 cm³/mol. The Morgan fingerprint density at radius 2 is 1.57 bits per heavy atom. The molecule has 0 saturated carbocycles. The molecule has 3 N–H and O–H groups in total. The zero-order valence-corrected chi connectivity index (χ0v) is 26.3. The summed E-state index contributed by atoms with van der Waals surface area (Å²) in [5.74, 6) is -1.02. The Kier molecular flexibility index (Phi) is 8.92. The number of hydrogen-bond donors (Lipinski definition) is 3. The fraction of sp³-hybridized carbons (Fsp3) is 0.353. The summed E-state index contributed by atoms with van der Waals surface area (Å²) in [5.41, 5.74) is 2.93. The van der Waals surface area contributed by atoms with Crippen LogP contribution in [0.1, 0.15) is 39.9 Å². The minimum atomic E-state index is -3.36. The van der Waals surface area contributed by atoms with Gasteiger partial charge in [0, 0.05) is 50.1 Å². The number of likely N-dealkylation sites (tertiary alicyclic amines) is 1. The molecule has 2 fully saturated rings. The molecule has 11 nitrogen and oxygen atoms in total. The predicted octanol–water partition coefficient (Wildman–Crippen LogP) is 1.42. The van der Waals surface area contributed by atoms with Crippen molar-refractivity contribution in [1.82, 2.24) is 25.8 Å². The summed E-state index contributed by atoms with van der Waals surface area (Å²) in [5, 5.41) is 9.10. The van der Waals surface area contributed by atoms with Crippen molar-refractivity contribution in [3.63, 3.8) is 0 Å². The molecular weight excluding hydrogens is 606 g/mol. The van der Waals surface area contributed by atoms with E-state index in [1.807, 2.05) is 35.2 Å². The highest BCUT2D eigenvalue weighted by Crippen LogP contribution is 2.28. The van der Waals surface area contributed by atoms with E-state index in [1.54, 1.807) is 53.4 Å². The minimum absolute atomic E-state index is 0.136. The second-order valence-electron chi connectivity index (χ2n) is 12.3. The lowest BCUT2D eigenvalue weighted by Crippen LogP contribution is -2.52. The Bertz CT molecular complexity index is 1750. The lowest BCUT2D eigenvalue weighted by molar-refractivity contribution is -0.142. The molecule has 240 valence electrons. The smallest absolute Gasteiger partial charge is 0.251 e. The van der Waals surface area contributed by atoms with Crippen LogP contribution in [0.4, 0.5) is 0 Å². The van der Waals surface area contributed by atoms with Crippen molar-refractivity contribution in [2.45, 2.75) is 61.4 Å². The number of rotatable bonds is 5. The maximum absolute atomic E-state index is 14.4. The number of nitrogens with one attached hydrogen (secondary N) is 3. The number of amides is 4. The molecule has 3 heterocycles. The van der Waals surface area contributed by atoms with Gasteiger partial charge in [-0.1, -0.05) is 54.6 Å². The normalized spacial score (nSPS) is 23.9. The van der Waals surface area contributed by atoms with Crippen LogP contribution in [0, 0.1) is 0 Å². The first kappa shape index (κ1) is 31.4. The molecule has 0 radical (unpaired) electrons. The van der Waals surface area contributed by atoms with Gasteiger partial charge in [-0.15, -0.1) is 0 Å². The summed E-state index contributed by atoms with van der Waals surface area (Å²) >= 11 is 0. The van der Waals surface area contributed by atoms with Crippen LogP contribution < -0.4 is 16.0 Å². The molecule has 3 aromatic rings. The molecule has 0 spiro atoms. The SMILES string of the molecule is CS(=O)(=O)c1ccc(CN2C[C@@H]3C[C@H]2C(=O)N2C[C@@H](NC(=O)c4ccccc4)C[C@H]2C(=O)NCc2ccccc2CC(=O)N3)cc1. The quantitative estimate of drug-likeness (QED) is 0.382. The standard InChI is InChI=1S/C34H37N5O6S/c1-46(44,45)28-13-11-22(12-14-28)19-38-20-26-17-30(38)34(43)39-21-27(37-32(41)23-7-3-2-4-8-23)16-29(39)33(42)35-18-25-10-6-5-9-24(25)15-31(40)36-26/h2-14,26-27,29-30H,15-21H2,1H3,(H,35,42)(H,36,40)(H,37,41)/t26-,27-,29-,30-/m0/s1. The van der Waals surface area contributed by atoms with E-state index in [-0.39, 0.29) is 60.5 Å². The molecule has 0 aliphatic carbocycles. The number of sulfone groups is 1. The third kappa shape index (κ3) is 6.97. The first-order chi connectivity index (χ1) is 22.0. The van der Waals surface area contributed by atoms with Gasteiger partial charge in [0.05, 0.1) is 17.4 Å². The van der Waals surface area contributed by atoms with Gasteiger partial charge < -0.3 is 20.9 Å². The molecule has 6 rings (SSSR count). The van der Waals surface area contributed by atoms with Crippen LogP contribution in [-0.2, 0) is 43.7 Å². The van der Waals surface area contributed by atoms with Crippen LogP contribution in [0.5, 0.6) is 0 Å². The summed E-state index contributed by atoms with van der Waals surface area (Å²) in [6.07, 6.45) is 1.90. The van der Waals surface area contributed by atoms with Gasteiger partial charge in [0.2, 0.25) is 17.7 Å². The van der Waals surface area contributed by atoms with Crippen molar-refractivity contribution in [3.8, 4) is 0 Å².